The Labute approximate surface area is 125 Å². The number of aliphatic carboxylic acids is 1. The van der Waals surface area contributed by atoms with Crippen molar-refractivity contribution in [2.24, 2.45) is 0 Å². The van der Waals surface area contributed by atoms with Crippen LogP contribution in [0, 0.1) is 0 Å². The fraction of sp³-hybridized carbons (Fsp3) is 0.438. The highest BCUT2D eigenvalue weighted by molar-refractivity contribution is 5.85. The van der Waals surface area contributed by atoms with Crippen molar-refractivity contribution in [1.82, 2.24) is 0 Å². The molecule has 0 saturated carbocycles. The van der Waals surface area contributed by atoms with Crippen LogP contribution in [0.1, 0.15) is 25.0 Å². The zero-order valence-electron chi connectivity index (χ0n) is 12.7. The van der Waals surface area contributed by atoms with Crippen LogP contribution < -0.4 is 4.74 Å². The molecule has 0 heterocycles. The van der Waals surface area contributed by atoms with Gasteiger partial charge in [0.25, 0.3) is 0 Å². The molecule has 1 aromatic rings. The van der Waals surface area contributed by atoms with Gasteiger partial charge in [0.2, 0.25) is 0 Å². The average molecular weight is 294 g/mol. The van der Waals surface area contributed by atoms with E-state index in [1.807, 2.05) is 26.0 Å². The van der Waals surface area contributed by atoms with Gasteiger partial charge in [0.05, 0.1) is 26.4 Å². The summed E-state index contributed by atoms with van der Waals surface area (Å²) in [5.41, 5.74) is 1.66. The van der Waals surface area contributed by atoms with Gasteiger partial charge in [-0.25, -0.2) is 4.79 Å². The summed E-state index contributed by atoms with van der Waals surface area (Å²) in [6.07, 6.45) is 2.62. The van der Waals surface area contributed by atoms with Crippen LogP contribution in [0.2, 0.25) is 0 Å². The van der Waals surface area contributed by atoms with Gasteiger partial charge >= 0.3 is 5.97 Å². The minimum atomic E-state index is -0.984. The molecule has 1 unspecified atom stereocenters. The second-order valence-corrected chi connectivity index (χ2v) is 4.52. The number of carboxylic acid groups (broad SMARTS) is 1. The van der Waals surface area contributed by atoms with Crippen molar-refractivity contribution in [3.05, 3.63) is 35.4 Å². The third-order valence-electron chi connectivity index (χ3n) is 2.84. The van der Waals surface area contributed by atoms with E-state index in [9.17, 15) is 4.79 Å². The zero-order valence-corrected chi connectivity index (χ0v) is 12.7. The summed E-state index contributed by atoms with van der Waals surface area (Å²) in [6, 6.07) is 5.44. The Hall–Kier alpha value is -1.85. The van der Waals surface area contributed by atoms with E-state index in [2.05, 4.69) is 0 Å². The molecule has 1 atom stereocenters. The highest BCUT2D eigenvalue weighted by atomic mass is 16.5. The lowest BCUT2D eigenvalue weighted by molar-refractivity contribution is -0.131. The van der Waals surface area contributed by atoms with Crippen LogP contribution in [-0.2, 0) is 20.9 Å². The maximum absolute atomic E-state index is 10.6. The summed E-state index contributed by atoms with van der Waals surface area (Å²) in [4.78, 5) is 10.6. The zero-order chi connectivity index (χ0) is 15.7. The molecule has 0 fully saturated rings. The largest absolute Gasteiger partial charge is 0.497 e. The minimum Gasteiger partial charge on any atom is -0.497 e. The maximum Gasteiger partial charge on any atom is 0.328 e. The Morgan fingerprint density at radius 3 is 2.81 bits per heavy atom. The summed E-state index contributed by atoms with van der Waals surface area (Å²) in [5, 5.41) is 8.72. The molecule has 5 nitrogen and oxygen atoms in total. The summed E-state index contributed by atoms with van der Waals surface area (Å²) in [6.45, 7) is 5.41. The van der Waals surface area contributed by atoms with Crippen molar-refractivity contribution in [3.8, 4) is 5.75 Å². The Morgan fingerprint density at radius 2 is 2.19 bits per heavy atom. The molecule has 0 aliphatic carbocycles. The number of rotatable bonds is 9. The van der Waals surface area contributed by atoms with Gasteiger partial charge in [-0.15, -0.1) is 0 Å². The standard InChI is InChI=1S/C16H22O5/c1-4-20-10-12(2)21-11-14-9-15(19-3)7-5-13(14)6-8-16(17)18/h5-9,12H,4,10-11H2,1-3H3,(H,17,18)/b8-6+. The summed E-state index contributed by atoms with van der Waals surface area (Å²) in [5.74, 6) is -0.277. The smallest absolute Gasteiger partial charge is 0.328 e. The summed E-state index contributed by atoms with van der Waals surface area (Å²) < 4.78 is 16.2. The number of carboxylic acids is 1. The van der Waals surface area contributed by atoms with Crippen molar-refractivity contribution in [2.45, 2.75) is 26.6 Å². The first-order valence-corrected chi connectivity index (χ1v) is 6.84. The van der Waals surface area contributed by atoms with Crippen LogP contribution in [0.3, 0.4) is 0 Å². The molecule has 1 rings (SSSR count). The molecule has 0 amide bonds. The van der Waals surface area contributed by atoms with E-state index in [1.54, 1.807) is 19.3 Å². The molecule has 21 heavy (non-hydrogen) atoms. The minimum absolute atomic E-state index is 0.0348. The Bertz CT molecular complexity index is 482. The lowest BCUT2D eigenvalue weighted by atomic mass is 10.1. The lowest BCUT2D eigenvalue weighted by Gasteiger charge is -2.15. The van der Waals surface area contributed by atoms with Crippen LogP contribution in [0.15, 0.2) is 24.3 Å². The third kappa shape index (κ3) is 6.42. The first-order chi connectivity index (χ1) is 10.1. The number of hydrogen-bond acceptors (Lipinski definition) is 4. The summed E-state index contributed by atoms with van der Waals surface area (Å²) in [7, 11) is 1.59. The van der Waals surface area contributed by atoms with E-state index < -0.39 is 5.97 Å². The molecule has 0 saturated heterocycles. The third-order valence-corrected chi connectivity index (χ3v) is 2.84. The molecule has 1 aromatic carbocycles. The predicted molar refractivity (Wildman–Crippen MR) is 80.4 cm³/mol. The molecule has 0 radical (unpaired) electrons. The SMILES string of the molecule is CCOCC(C)OCc1cc(OC)ccc1/C=C/C(=O)O. The highest BCUT2D eigenvalue weighted by Crippen LogP contribution is 2.20. The van der Waals surface area contributed by atoms with E-state index >= 15 is 0 Å². The van der Waals surface area contributed by atoms with E-state index in [-0.39, 0.29) is 6.10 Å². The number of hydrogen-bond donors (Lipinski definition) is 1. The van der Waals surface area contributed by atoms with E-state index in [0.717, 1.165) is 17.2 Å². The molecule has 5 heteroatoms. The van der Waals surface area contributed by atoms with Crippen molar-refractivity contribution in [3.63, 3.8) is 0 Å². The van der Waals surface area contributed by atoms with Gasteiger partial charge in [0.1, 0.15) is 5.75 Å². The van der Waals surface area contributed by atoms with Crippen LogP contribution in [-0.4, -0.2) is 37.5 Å². The van der Waals surface area contributed by atoms with Gasteiger partial charge < -0.3 is 19.3 Å². The number of carbonyl (C=O) groups is 1. The van der Waals surface area contributed by atoms with Gasteiger partial charge in [-0.05, 0) is 43.2 Å². The topological polar surface area (TPSA) is 65.0 Å². The van der Waals surface area contributed by atoms with E-state index in [1.165, 1.54) is 0 Å². The van der Waals surface area contributed by atoms with E-state index in [0.29, 0.717) is 25.6 Å². The Kier molecular flexibility index (Phi) is 7.50. The second kappa shape index (κ2) is 9.15. The molecule has 0 aromatic heterocycles. The molecule has 0 bridgehead atoms. The van der Waals surface area contributed by atoms with Crippen LogP contribution in [0.5, 0.6) is 5.75 Å². The normalized spacial score (nSPS) is 12.5. The first kappa shape index (κ1) is 17.2. The second-order valence-electron chi connectivity index (χ2n) is 4.52. The van der Waals surface area contributed by atoms with E-state index in [4.69, 9.17) is 19.3 Å². The van der Waals surface area contributed by atoms with Crippen LogP contribution >= 0.6 is 0 Å². The molecule has 0 spiro atoms. The summed E-state index contributed by atoms with van der Waals surface area (Å²) >= 11 is 0. The Morgan fingerprint density at radius 1 is 1.43 bits per heavy atom. The molecule has 116 valence electrons. The fourth-order valence-electron chi connectivity index (χ4n) is 1.72. The van der Waals surface area contributed by atoms with Gasteiger partial charge in [0, 0.05) is 12.7 Å². The van der Waals surface area contributed by atoms with Crippen molar-refractivity contribution < 1.29 is 24.1 Å². The lowest BCUT2D eigenvalue weighted by Crippen LogP contribution is -2.16. The molecule has 0 aliphatic heterocycles. The van der Waals surface area contributed by atoms with Crippen molar-refractivity contribution >= 4 is 12.0 Å². The van der Waals surface area contributed by atoms with Crippen LogP contribution in [0.4, 0.5) is 0 Å². The monoisotopic (exact) mass is 294 g/mol. The number of methoxy groups -OCH3 is 1. The molecule has 0 aliphatic rings. The fourth-order valence-corrected chi connectivity index (χ4v) is 1.72. The quantitative estimate of drug-likeness (QED) is 0.709. The van der Waals surface area contributed by atoms with Crippen LogP contribution in [0.25, 0.3) is 6.08 Å². The van der Waals surface area contributed by atoms with Gasteiger partial charge in [-0.1, -0.05) is 6.07 Å². The number of ether oxygens (including phenoxy) is 3. The predicted octanol–water partition coefficient (Wildman–Crippen LogP) is 2.73. The van der Waals surface area contributed by atoms with Gasteiger partial charge in [-0.2, -0.15) is 0 Å². The van der Waals surface area contributed by atoms with Gasteiger partial charge in [-0.3, -0.25) is 0 Å². The maximum atomic E-state index is 10.6. The van der Waals surface area contributed by atoms with Crippen molar-refractivity contribution in [2.75, 3.05) is 20.3 Å². The molecular weight excluding hydrogens is 272 g/mol. The van der Waals surface area contributed by atoms with Gasteiger partial charge in [0.15, 0.2) is 0 Å². The molecule has 1 N–H and O–H groups in total. The number of benzene rings is 1. The first-order valence-electron chi connectivity index (χ1n) is 6.84. The molecular formula is C16H22O5. The van der Waals surface area contributed by atoms with Crippen molar-refractivity contribution in [1.29, 1.82) is 0 Å². The Balaban J connectivity index is 2.78. The average Bonchev–Trinajstić information content (AvgIpc) is 2.48. The highest BCUT2D eigenvalue weighted by Gasteiger charge is 2.07.